The van der Waals surface area contributed by atoms with Crippen molar-refractivity contribution in [2.75, 3.05) is 33.2 Å². The van der Waals surface area contributed by atoms with E-state index < -0.39 is 0 Å². The molecule has 0 N–H and O–H groups in total. The summed E-state index contributed by atoms with van der Waals surface area (Å²) >= 11 is 0. The van der Waals surface area contributed by atoms with Gasteiger partial charge in [-0.25, -0.2) is 0 Å². The standard InChI is InChI=1S/C15H22N2.C2H2/c1-16-8-10-17(11-9-16)15-7-6-13-4-2-3-5-14(13)12-15;1-2/h2-5,15H,6-12H2,1H3;1-2H. The van der Waals surface area contributed by atoms with E-state index in [-0.39, 0.29) is 0 Å². The highest BCUT2D eigenvalue weighted by atomic mass is 15.3. The lowest BCUT2D eigenvalue weighted by Crippen LogP contribution is -2.50. The summed E-state index contributed by atoms with van der Waals surface area (Å²) in [5, 5.41) is 0. The van der Waals surface area contributed by atoms with Crippen molar-refractivity contribution in [3.05, 3.63) is 35.4 Å². The van der Waals surface area contributed by atoms with Gasteiger partial charge in [-0.3, -0.25) is 4.90 Å². The number of fused-ring (bicyclic) bond motifs is 1. The van der Waals surface area contributed by atoms with E-state index in [1.807, 2.05) is 0 Å². The summed E-state index contributed by atoms with van der Waals surface area (Å²) in [7, 11) is 2.23. The molecule has 0 radical (unpaired) electrons. The van der Waals surface area contributed by atoms with Crippen molar-refractivity contribution in [3.63, 3.8) is 0 Å². The van der Waals surface area contributed by atoms with Crippen molar-refractivity contribution >= 4 is 0 Å². The molecule has 1 atom stereocenters. The summed E-state index contributed by atoms with van der Waals surface area (Å²) in [4.78, 5) is 5.14. The average Bonchev–Trinajstić information content (AvgIpc) is 2.49. The monoisotopic (exact) mass is 256 g/mol. The Labute approximate surface area is 117 Å². The van der Waals surface area contributed by atoms with E-state index in [1.54, 1.807) is 11.1 Å². The molecule has 2 nitrogen and oxygen atoms in total. The van der Waals surface area contributed by atoms with Crippen LogP contribution in [0.3, 0.4) is 0 Å². The molecule has 0 spiro atoms. The molecule has 1 unspecified atom stereocenters. The van der Waals surface area contributed by atoms with Crippen LogP contribution in [0.1, 0.15) is 17.5 Å². The van der Waals surface area contributed by atoms with Crippen LogP contribution in [0.25, 0.3) is 0 Å². The van der Waals surface area contributed by atoms with Crippen LogP contribution in [0.15, 0.2) is 24.3 Å². The number of hydrogen-bond donors (Lipinski definition) is 0. The van der Waals surface area contributed by atoms with Gasteiger partial charge in [0.25, 0.3) is 0 Å². The number of piperazine rings is 1. The highest BCUT2D eigenvalue weighted by molar-refractivity contribution is 5.30. The van der Waals surface area contributed by atoms with Gasteiger partial charge < -0.3 is 4.90 Å². The number of rotatable bonds is 1. The molecule has 0 saturated carbocycles. The lowest BCUT2D eigenvalue weighted by molar-refractivity contribution is 0.104. The van der Waals surface area contributed by atoms with E-state index in [1.165, 1.54) is 45.4 Å². The SMILES string of the molecule is C#C.CN1CCN(C2CCc3ccccc3C2)CC1. The Kier molecular flexibility index (Phi) is 5.01. The molecular formula is C17H24N2. The fraction of sp³-hybridized carbons (Fsp3) is 0.529. The van der Waals surface area contributed by atoms with E-state index in [2.05, 4.69) is 54.0 Å². The number of benzene rings is 1. The first-order valence-corrected chi connectivity index (χ1v) is 7.15. The fourth-order valence-electron chi connectivity index (χ4n) is 3.18. The highest BCUT2D eigenvalue weighted by Gasteiger charge is 2.25. The van der Waals surface area contributed by atoms with Crippen LogP contribution in [0.2, 0.25) is 0 Å². The van der Waals surface area contributed by atoms with Crippen molar-refractivity contribution in [1.29, 1.82) is 0 Å². The van der Waals surface area contributed by atoms with E-state index in [4.69, 9.17) is 0 Å². The van der Waals surface area contributed by atoms with Gasteiger partial charge in [-0.1, -0.05) is 24.3 Å². The molecule has 1 fully saturated rings. The van der Waals surface area contributed by atoms with Crippen LogP contribution < -0.4 is 0 Å². The van der Waals surface area contributed by atoms with Crippen molar-refractivity contribution in [3.8, 4) is 12.8 Å². The second kappa shape index (κ2) is 6.75. The van der Waals surface area contributed by atoms with Crippen molar-refractivity contribution in [1.82, 2.24) is 9.80 Å². The molecule has 2 heteroatoms. The largest absolute Gasteiger partial charge is 0.304 e. The van der Waals surface area contributed by atoms with Crippen LogP contribution in [0.4, 0.5) is 0 Å². The maximum absolute atomic E-state index is 4.00. The second-order valence-corrected chi connectivity index (χ2v) is 5.50. The number of nitrogens with zero attached hydrogens (tertiary/aromatic N) is 2. The average molecular weight is 256 g/mol. The van der Waals surface area contributed by atoms with Gasteiger partial charge in [-0.2, -0.15) is 0 Å². The molecule has 0 amide bonds. The van der Waals surface area contributed by atoms with Crippen molar-refractivity contribution < 1.29 is 0 Å². The molecular weight excluding hydrogens is 232 g/mol. The van der Waals surface area contributed by atoms with Gasteiger partial charge in [0.1, 0.15) is 0 Å². The fourth-order valence-corrected chi connectivity index (χ4v) is 3.18. The molecule has 19 heavy (non-hydrogen) atoms. The normalized spacial score (nSPS) is 24.1. The maximum Gasteiger partial charge on any atom is 0.0140 e. The molecule has 2 aliphatic rings. The van der Waals surface area contributed by atoms with Crippen LogP contribution in [0, 0.1) is 12.8 Å². The Morgan fingerprint density at radius 2 is 1.63 bits per heavy atom. The zero-order valence-electron chi connectivity index (χ0n) is 11.9. The Morgan fingerprint density at radius 1 is 1.00 bits per heavy atom. The minimum absolute atomic E-state index is 0.790. The van der Waals surface area contributed by atoms with Crippen molar-refractivity contribution in [2.45, 2.75) is 25.3 Å². The molecule has 0 aromatic heterocycles. The number of terminal acetylenes is 1. The van der Waals surface area contributed by atoms with E-state index in [0.717, 1.165) is 6.04 Å². The molecule has 1 heterocycles. The summed E-state index contributed by atoms with van der Waals surface area (Å²) in [6.07, 6.45) is 11.9. The lowest BCUT2D eigenvalue weighted by Gasteiger charge is -2.40. The third kappa shape index (κ3) is 3.37. The minimum atomic E-state index is 0.790. The van der Waals surface area contributed by atoms with Crippen LogP contribution in [-0.2, 0) is 12.8 Å². The third-order valence-electron chi connectivity index (χ3n) is 4.38. The molecule has 1 saturated heterocycles. The Balaban J connectivity index is 0.000000637. The molecule has 1 aliphatic heterocycles. The summed E-state index contributed by atoms with van der Waals surface area (Å²) in [5.41, 5.74) is 3.17. The lowest BCUT2D eigenvalue weighted by atomic mass is 9.87. The summed E-state index contributed by atoms with van der Waals surface area (Å²) in [5.74, 6) is 0. The quantitative estimate of drug-likeness (QED) is 0.710. The number of hydrogen-bond acceptors (Lipinski definition) is 2. The first-order valence-electron chi connectivity index (χ1n) is 7.15. The molecule has 102 valence electrons. The molecule has 3 rings (SSSR count). The van der Waals surface area contributed by atoms with Gasteiger partial charge in [0.05, 0.1) is 0 Å². The van der Waals surface area contributed by atoms with Gasteiger partial charge in [-0.15, -0.1) is 12.8 Å². The molecule has 0 bridgehead atoms. The summed E-state index contributed by atoms with van der Waals surface area (Å²) in [6, 6.07) is 9.77. The molecule has 1 aliphatic carbocycles. The van der Waals surface area contributed by atoms with E-state index >= 15 is 0 Å². The maximum atomic E-state index is 4.00. The highest BCUT2D eigenvalue weighted by Crippen LogP contribution is 2.24. The zero-order valence-corrected chi connectivity index (χ0v) is 11.9. The smallest absolute Gasteiger partial charge is 0.0140 e. The number of likely N-dealkylation sites (N-methyl/N-ethyl adjacent to an activating group) is 1. The molecule has 1 aromatic rings. The Morgan fingerprint density at radius 3 is 2.32 bits per heavy atom. The summed E-state index contributed by atoms with van der Waals surface area (Å²) < 4.78 is 0. The van der Waals surface area contributed by atoms with E-state index in [0.29, 0.717) is 0 Å². The summed E-state index contributed by atoms with van der Waals surface area (Å²) in [6.45, 7) is 4.98. The zero-order chi connectivity index (χ0) is 13.7. The first-order chi connectivity index (χ1) is 9.33. The van der Waals surface area contributed by atoms with Gasteiger partial charge in [-0.05, 0) is 37.4 Å². The van der Waals surface area contributed by atoms with Gasteiger partial charge in [0.15, 0.2) is 0 Å². The Bertz CT molecular complexity index is 416. The predicted octanol–water partition coefficient (Wildman–Crippen LogP) is 2.04. The van der Waals surface area contributed by atoms with Crippen LogP contribution in [0.5, 0.6) is 0 Å². The number of aryl methyl sites for hydroxylation is 1. The minimum Gasteiger partial charge on any atom is -0.304 e. The van der Waals surface area contributed by atoms with Crippen LogP contribution in [-0.4, -0.2) is 49.1 Å². The van der Waals surface area contributed by atoms with Gasteiger partial charge >= 0.3 is 0 Å². The van der Waals surface area contributed by atoms with Gasteiger partial charge in [0.2, 0.25) is 0 Å². The Hall–Kier alpha value is -1.30. The first kappa shape index (κ1) is 14.1. The second-order valence-electron chi connectivity index (χ2n) is 5.50. The molecule has 1 aromatic carbocycles. The van der Waals surface area contributed by atoms with Crippen molar-refractivity contribution in [2.24, 2.45) is 0 Å². The predicted molar refractivity (Wildman–Crippen MR) is 81.2 cm³/mol. The van der Waals surface area contributed by atoms with E-state index in [9.17, 15) is 0 Å². The third-order valence-corrected chi connectivity index (χ3v) is 4.38. The van der Waals surface area contributed by atoms with Gasteiger partial charge in [0, 0.05) is 32.2 Å². The topological polar surface area (TPSA) is 6.48 Å². The van der Waals surface area contributed by atoms with Crippen LogP contribution >= 0.6 is 0 Å².